The summed E-state index contributed by atoms with van der Waals surface area (Å²) in [6.45, 7) is 2.08. The SMILES string of the molecule is CCN(CC(=O)Nc1c(Cl)cccc1Cl)C(=O)c1cc(C2CC2)[nH]n1. The van der Waals surface area contributed by atoms with Crippen molar-refractivity contribution in [3.05, 3.63) is 45.7 Å². The fourth-order valence-corrected chi connectivity index (χ4v) is 3.00. The van der Waals surface area contributed by atoms with Gasteiger partial charge in [-0.05, 0) is 38.0 Å². The molecule has 1 heterocycles. The molecule has 0 aliphatic heterocycles. The molecule has 1 aliphatic rings. The Kier molecular flexibility index (Phi) is 5.30. The minimum Gasteiger partial charge on any atom is -0.328 e. The van der Waals surface area contributed by atoms with Gasteiger partial charge in [0.1, 0.15) is 12.2 Å². The number of carbonyl (C=O) groups excluding carboxylic acids is 2. The number of halogens is 2. The van der Waals surface area contributed by atoms with Gasteiger partial charge in [-0.3, -0.25) is 14.7 Å². The highest BCUT2D eigenvalue weighted by atomic mass is 35.5. The van der Waals surface area contributed by atoms with Crippen molar-refractivity contribution in [3.63, 3.8) is 0 Å². The molecule has 0 radical (unpaired) electrons. The molecule has 2 amide bonds. The first kappa shape index (κ1) is 17.8. The van der Waals surface area contributed by atoms with Crippen molar-refractivity contribution in [1.82, 2.24) is 15.1 Å². The molecule has 2 N–H and O–H groups in total. The average molecular weight is 381 g/mol. The zero-order valence-corrected chi connectivity index (χ0v) is 15.2. The van der Waals surface area contributed by atoms with Gasteiger partial charge in [-0.15, -0.1) is 0 Å². The number of nitrogens with one attached hydrogen (secondary N) is 2. The molecule has 0 atom stereocenters. The predicted molar refractivity (Wildman–Crippen MR) is 97.2 cm³/mol. The van der Waals surface area contributed by atoms with Crippen molar-refractivity contribution in [2.45, 2.75) is 25.7 Å². The Morgan fingerprint density at radius 1 is 1.32 bits per heavy atom. The van der Waals surface area contributed by atoms with Gasteiger partial charge in [0.25, 0.3) is 5.91 Å². The van der Waals surface area contributed by atoms with Crippen molar-refractivity contribution in [1.29, 1.82) is 0 Å². The molecule has 1 aromatic heterocycles. The molecule has 8 heteroatoms. The van der Waals surface area contributed by atoms with Crippen molar-refractivity contribution >= 4 is 40.7 Å². The standard InChI is InChI=1S/C17H18Cl2N4O2/c1-2-23(17(25)14-8-13(21-22-14)10-6-7-10)9-15(24)20-16-11(18)4-3-5-12(16)19/h3-5,8,10H,2,6-7,9H2,1H3,(H,20,24)(H,21,22). The van der Waals surface area contributed by atoms with E-state index < -0.39 is 0 Å². The summed E-state index contributed by atoms with van der Waals surface area (Å²) in [6, 6.07) is 6.73. The second kappa shape index (κ2) is 7.45. The van der Waals surface area contributed by atoms with E-state index in [2.05, 4.69) is 15.5 Å². The number of benzene rings is 1. The van der Waals surface area contributed by atoms with Gasteiger partial charge in [0.05, 0.1) is 15.7 Å². The lowest BCUT2D eigenvalue weighted by Gasteiger charge is -2.19. The van der Waals surface area contributed by atoms with Crippen LogP contribution in [-0.2, 0) is 4.79 Å². The van der Waals surface area contributed by atoms with E-state index in [1.165, 1.54) is 4.90 Å². The minimum absolute atomic E-state index is 0.109. The molecular weight excluding hydrogens is 363 g/mol. The number of nitrogens with zero attached hydrogens (tertiary/aromatic N) is 2. The van der Waals surface area contributed by atoms with E-state index in [1.807, 2.05) is 6.92 Å². The van der Waals surface area contributed by atoms with Crippen LogP contribution in [0.4, 0.5) is 5.69 Å². The van der Waals surface area contributed by atoms with Gasteiger partial charge in [-0.1, -0.05) is 29.3 Å². The van der Waals surface area contributed by atoms with Gasteiger partial charge in [0, 0.05) is 18.2 Å². The van der Waals surface area contributed by atoms with Crippen LogP contribution in [0.25, 0.3) is 0 Å². The second-order valence-electron chi connectivity index (χ2n) is 5.95. The third-order valence-corrected chi connectivity index (χ3v) is 4.69. The maximum absolute atomic E-state index is 12.6. The molecule has 0 unspecified atom stereocenters. The van der Waals surface area contributed by atoms with Gasteiger partial charge in [0.15, 0.2) is 0 Å². The van der Waals surface area contributed by atoms with E-state index in [4.69, 9.17) is 23.2 Å². The van der Waals surface area contributed by atoms with Gasteiger partial charge < -0.3 is 10.2 Å². The highest BCUT2D eigenvalue weighted by Crippen LogP contribution is 2.39. The first-order valence-electron chi connectivity index (χ1n) is 8.08. The Hall–Kier alpha value is -2.05. The molecule has 1 saturated carbocycles. The maximum Gasteiger partial charge on any atom is 0.274 e. The summed E-state index contributed by atoms with van der Waals surface area (Å²) < 4.78 is 0. The number of H-pyrrole nitrogens is 1. The topological polar surface area (TPSA) is 78.1 Å². The highest BCUT2D eigenvalue weighted by Gasteiger charge is 2.28. The summed E-state index contributed by atoms with van der Waals surface area (Å²) >= 11 is 12.1. The van der Waals surface area contributed by atoms with Crippen LogP contribution in [-0.4, -0.2) is 40.0 Å². The fraction of sp³-hybridized carbons (Fsp3) is 0.353. The summed E-state index contributed by atoms with van der Waals surface area (Å²) in [5.41, 5.74) is 1.65. The smallest absolute Gasteiger partial charge is 0.274 e. The van der Waals surface area contributed by atoms with Gasteiger partial charge in [-0.25, -0.2) is 0 Å². The third-order valence-electron chi connectivity index (χ3n) is 4.06. The van der Waals surface area contributed by atoms with Crippen molar-refractivity contribution in [2.75, 3.05) is 18.4 Å². The van der Waals surface area contributed by atoms with Gasteiger partial charge >= 0.3 is 0 Å². The Balaban J connectivity index is 1.66. The molecule has 0 saturated heterocycles. The van der Waals surface area contributed by atoms with Crippen LogP contribution in [0.15, 0.2) is 24.3 Å². The molecule has 132 valence electrons. The summed E-state index contributed by atoms with van der Waals surface area (Å²) in [6.07, 6.45) is 2.24. The normalized spacial score (nSPS) is 13.6. The Morgan fingerprint density at radius 2 is 2.00 bits per heavy atom. The fourth-order valence-electron chi connectivity index (χ4n) is 2.51. The summed E-state index contributed by atoms with van der Waals surface area (Å²) in [5.74, 6) is -0.177. The van der Waals surface area contributed by atoms with E-state index in [0.29, 0.717) is 33.9 Å². The molecule has 0 bridgehead atoms. The zero-order valence-electron chi connectivity index (χ0n) is 13.7. The number of aromatic amines is 1. The average Bonchev–Trinajstić information content (AvgIpc) is 3.32. The number of rotatable bonds is 6. The number of para-hydroxylation sites is 1. The van der Waals surface area contributed by atoms with Crippen molar-refractivity contribution in [3.8, 4) is 0 Å². The highest BCUT2D eigenvalue weighted by molar-refractivity contribution is 6.39. The summed E-state index contributed by atoms with van der Waals surface area (Å²) in [4.78, 5) is 26.3. The third kappa shape index (κ3) is 4.14. The molecule has 1 aliphatic carbocycles. The first-order chi connectivity index (χ1) is 12.0. The molecular formula is C17H18Cl2N4O2. The molecule has 1 fully saturated rings. The van der Waals surface area contributed by atoms with Crippen molar-refractivity contribution in [2.24, 2.45) is 0 Å². The Labute approximate surface area is 155 Å². The number of carbonyl (C=O) groups is 2. The lowest BCUT2D eigenvalue weighted by atomic mass is 10.2. The van der Waals surface area contributed by atoms with Crippen LogP contribution >= 0.6 is 23.2 Å². The molecule has 25 heavy (non-hydrogen) atoms. The zero-order chi connectivity index (χ0) is 18.0. The molecule has 1 aromatic carbocycles. The Morgan fingerprint density at radius 3 is 2.60 bits per heavy atom. The second-order valence-corrected chi connectivity index (χ2v) is 6.76. The summed E-state index contributed by atoms with van der Waals surface area (Å²) in [5, 5.41) is 10.3. The van der Waals surface area contributed by atoms with E-state index in [9.17, 15) is 9.59 Å². The number of hydrogen-bond acceptors (Lipinski definition) is 3. The van der Waals surface area contributed by atoms with E-state index in [1.54, 1.807) is 24.3 Å². The van der Waals surface area contributed by atoms with E-state index in [-0.39, 0.29) is 18.4 Å². The van der Waals surface area contributed by atoms with Crippen LogP contribution in [0.5, 0.6) is 0 Å². The van der Waals surface area contributed by atoms with Gasteiger partial charge in [0.2, 0.25) is 5.91 Å². The van der Waals surface area contributed by atoms with Crippen LogP contribution < -0.4 is 5.32 Å². The number of aromatic nitrogens is 2. The van der Waals surface area contributed by atoms with Gasteiger partial charge in [-0.2, -0.15) is 5.10 Å². The maximum atomic E-state index is 12.6. The van der Waals surface area contributed by atoms with E-state index >= 15 is 0 Å². The minimum atomic E-state index is -0.372. The molecule has 3 rings (SSSR count). The molecule has 6 nitrogen and oxygen atoms in total. The number of amides is 2. The first-order valence-corrected chi connectivity index (χ1v) is 8.83. The summed E-state index contributed by atoms with van der Waals surface area (Å²) in [7, 11) is 0. The quantitative estimate of drug-likeness (QED) is 0.801. The Bertz CT molecular complexity index is 781. The van der Waals surface area contributed by atoms with E-state index in [0.717, 1.165) is 18.5 Å². The number of hydrogen-bond donors (Lipinski definition) is 2. The van der Waals surface area contributed by atoms with Crippen LogP contribution in [0.3, 0.4) is 0 Å². The number of anilines is 1. The van der Waals surface area contributed by atoms with Crippen molar-refractivity contribution < 1.29 is 9.59 Å². The lowest BCUT2D eigenvalue weighted by molar-refractivity contribution is -0.116. The molecule has 0 spiro atoms. The monoisotopic (exact) mass is 380 g/mol. The molecule has 2 aromatic rings. The largest absolute Gasteiger partial charge is 0.328 e. The predicted octanol–water partition coefficient (Wildman–Crippen LogP) is 3.69. The number of likely N-dealkylation sites (N-methyl/N-ethyl adjacent to an activating group) is 1. The van der Waals surface area contributed by atoms with Crippen LogP contribution in [0.1, 0.15) is 41.9 Å². The van der Waals surface area contributed by atoms with Crippen LogP contribution in [0.2, 0.25) is 10.0 Å². The lowest BCUT2D eigenvalue weighted by Crippen LogP contribution is -2.38. The van der Waals surface area contributed by atoms with Crippen LogP contribution in [0, 0.1) is 0 Å².